The number of carboxylic acids is 1. The topological polar surface area (TPSA) is 57.5 Å². The van der Waals surface area contributed by atoms with Crippen LogP contribution in [0.1, 0.15) is 58.4 Å². The van der Waals surface area contributed by atoms with Crippen LogP contribution in [0.25, 0.3) is 0 Å². The number of benzene rings is 1. The van der Waals surface area contributed by atoms with Gasteiger partial charge in [0, 0.05) is 4.47 Å². The van der Waals surface area contributed by atoms with Gasteiger partial charge in [-0.05, 0) is 36.0 Å². The summed E-state index contributed by atoms with van der Waals surface area (Å²) in [6.45, 7) is 5.73. The van der Waals surface area contributed by atoms with Crippen LogP contribution in [0.2, 0.25) is 0 Å². The number of aliphatic carboxylic acids is 1. The van der Waals surface area contributed by atoms with E-state index in [9.17, 15) is 15.0 Å². The number of halogens is 1. The molecule has 0 radical (unpaired) electrons. The highest BCUT2D eigenvalue weighted by Crippen LogP contribution is 2.54. The normalized spacial score (nSPS) is 21.1. The zero-order valence-electron chi connectivity index (χ0n) is 13.5. The lowest BCUT2D eigenvalue weighted by Crippen LogP contribution is -2.64. The van der Waals surface area contributed by atoms with Crippen LogP contribution >= 0.6 is 15.9 Å². The van der Waals surface area contributed by atoms with E-state index < -0.39 is 22.4 Å². The Morgan fingerprint density at radius 2 is 1.77 bits per heavy atom. The van der Waals surface area contributed by atoms with Crippen molar-refractivity contribution in [3.8, 4) is 0 Å². The van der Waals surface area contributed by atoms with Gasteiger partial charge in [-0.3, -0.25) is 4.79 Å². The molecule has 1 aliphatic rings. The van der Waals surface area contributed by atoms with Crippen LogP contribution in [0.3, 0.4) is 0 Å². The number of hydrogen-bond acceptors (Lipinski definition) is 2. The number of carbonyl (C=O) groups is 1. The second-order valence-corrected chi connectivity index (χ2v) is 8.32. The fourth-order valence-electron chi connectivity index (χ4n) is 4.28. The van der Waals surface area contributed by atoms with Crippen molar-refractivity contribution in [1.82, 2.24) is 0 Å². The highest BCUT2D eigenvalue weighted by atomic mass is 79.9. The number of aliphatic hydroxyl groups is 1. The molecule has 1 saturated carbocycles. The Morgan fingerprint density at radius 1 is 1.18 bits per heavy atom. The van der Waals surface area contributed by atoms with Gasteiger partial charge in [0.15, 0.2) is 0 Å². The van der Waals surface area contributed by atoms with Crippen LogP contribution in [0, 0.1) is 5.41 Å². The van der Waals surface area contributed by atoms with E-state index in [1.54, 1.807) is 0 Å². The minimum atomic E-state index is -1.33. The molecule has 1 aromatic carbocycles. The molecule has 3 nitrogen and oxygen atoms in total. The molecule has 0 spiro atoms. The third kappa shape index (κ3) is 2.61. The first-order valence-corrected chi connectivity index (χ1v) is 8.66. The Labute approximate surface area is 140 Å². The number of rotatable bonds is 3. The van der Waals surface area contributed by atoms with E-state index in [0.717, 1.165) is 23.7 Å². The molecule has 2 N–H and O–H groups in total. The molecule has 1 fully saturated rings. The third-order valence-corrected chi connectivity index (χ3v) is 5.58. The summed E-state index contributed by atoms with van der Waals surface area (Å²) in [5.74, 6) is -0.942. The van der Waals surface area contributed by atoms with Crippen LogP contribution in [-0.4, -0.2) is 21.8 Å². The third-order valence-electron chi connectivity index (χ3n) is 5.08. The first-order valence-electron chi connectivity index (χ1n) is 7.87. The van der Waals surface area contributed by atoms with Gasteiger partial charge in [-0.25, -0.2) is 0 Å². The average molecular weight is 369 g/mol. The van der Waals surface area contributed by atoms with Crippen molar-refractivity contribution in [2.24, 2.45) is 5.41 Å². The SMILES string of the molecule is CC(C)(C)C(C(=O)O)(c1cccc(Br)c1)C1(O)CCCCC1. The molecule has 1 aliphatic carbocycles. The second kappa shape index (κ2) is 5.97. The van der Waals surface area contributed by atoms with Gasteiger partial charge < -0.3 is 10.2 Å². The summed E-state index contributed by atoms with van der Waals surface area (Å²) in [6.07, 6.45) is 3.86. The first-order chi connectivity index (χ1) is 10.1. The Hall–Kier alpha value is -0.870. The second-order valence-electron chi connectivity index (χ2n) is 7.41. The Kier molecular flexibility index (Phi) is 4.74. The summed E-state index contributed by atoms with van der Waals surface area (Å²) in [5.41, 5.74) is -2.50. The van der Waals surface area contributed by atoms with Crippen LogP contribution < -0.4 is 0 Å². The molecule has 1 unspecified atom stereocenters. The zero-order chi connectivity index (χ0) is 16.6. The average Bonchev–Trinajstić information content (AvgIpc) is 2.37. The standard InChI is InChI=1S/C18H25BrO3/c1-16(2,3)18(15(20)21,13-8-7-9-14(19)12-13)17(22)10-5-4-6-11-17/h7-9,12,22H,4-6,10-11H2,1-3H3,(H,20,21). The van der Waals surface area contributed by atoms with Crippen molar-refractivity contribution in [2.45, 2.75) is 63.9 Å². The molecule has 1 atom stereocenters. The van der Waals surface area contributed by atoms with E-state index in [1.807, 2.05) is 45.0 Å². The van der Waals surface area contributed by atoms with E-state index in [-0.39, 0.29) is 0 Å². The van der Waals surface area contributed by atoms with Crippen LogP contribution in [0.4, 0.5) is 0 Å². The molecule has 0 amide bonds. The Balaban J connectivity index is 2.75. The molecule has 2 rings (SSSR count). The van der Waals surface area contributed by atoms with Crippen molar-refractivity contribution in [1.29, 1.82) is 0 Å². The fraction of sp³-hybridized carbons (Fsp3) is 0.611. The van der Waals surface area contributed by atoms with Gasteiger partial charge in [0.2, 0.25) is 0 Å². The maximum atomic E-state index is 12.5. The maximum absolute atomic E-state index is 12.5. The lowest BCUT2D eigenvalue weighted by molar-refractivity contribution is -0.174. The molecule has 4 heteroatoms. The highest BCUT2D eigenvalue weighted by molar-refractivity contribution is 9.10. The highest BCUT2D eigenvalue weighted by Gasteiger charge is 2.63. The molecule has 122 valence electrons. The van der Waals surface area contributed by atoms with Gasteiger partial charge in [-0.2, -0.15) is 0 Å². The molecule has 0 heterocycles. The molecule has 1 aromatic rings. The summed E-state index contributed by atoms with van der Waals surface area (Å²) in [5, 5.41) is 21.7. The minimum Gasteiger partial charge on any atom is -0.480 e. The van der Waals surface area contributed by atoms with Crippen LogP contribution in [0.5, 0.6) is 0 Å². The van der Waals surface area contributed by atoms with Crippen molar-refractivity contribution >= 4 is 21.9 Å². The van der Waals surface area contributed by atoms with Crippen molar-refractivity contribution in [3.05, 3.63) is 34.3 Å². The van der Waals surface area contributed by atoms with E-state index in [4.69, 9.17) is 0 Å². The lowest BCUT2D eigenvalue weighted by Gasteiger charge is -2.53. The molecule has 0 aromatic heterocycles. The van der Waals surface area contributed by atoms with E-state index in [2.05, 4.69) is 15.9 Å². The predicted octanol–water partition coefficient (Wildman–Crippen LogP) is 4.51. The first kappa shape index (κ1) is 17.5. The van der Waals surface area contributed by atoms with E-state index >= 15 is 0 Å². The summed E-state index contributed by atoms with van der Waals surface area (Å²) in [6, 6.07) is 7.39. The summed E-state index contributed by atoms with van der Waals surface area (Å²) in [4.78, 5) is 12.5. The number of hydrogen-bond donors (Lipinski definition) is 2. The zero-order valence-corrected chi connectivity index (χ0v) is 15.1. The summed E-state index contributed by atoms with van der Waals surface area (Å²) >= 11 is 3.44. The van der Waals surface area contributed by atoms with Gasteiger partial charge in [0.25, 0.3) is 0 Å². The predicted molar refractivity (Wildman–Crippen MR) is 90.9 cm³/mol. The molecule has 0 saturated heterocycles. The van der Waals surface area contributed by atoms with Crippen molar-refractivity contribution < 1.29 is 15.0 Å². The van der Waals surface area contributed by atoms with E-state index in [0.29, 0.717) is 18.4 Å². The van der Waals surface area contributed by atoms with Gasteiger partial charge in [-0.15, -0.1) is 0 Å². The van der Waals surface area contributed by atoms with E-state index in [1.165, 1.54) is 0 Å². The monoisotopic (exact) mass is 368 g/mol. The smallest absolute Gasteiger partial charge is 0.317 e. The largest absolute Gasteiger partial charge is 0.480 e. The van der Waals surface area contributed by atoms with Gasteiger partial charge in [0.05, 0.1) is 5.60 Å². The van der Waals surface area contributed by atoms with Gasteiger partial charge in [0.1, 0.15) is 5.41 Å². The molecule has 0 aliphatic heterocycles. The van der Waals surface area contributed by atoms with Crippen molar-refractivity contribution in [2.75, 3.05) is 0 Å². The minimum absolute atomic E-state index is 0.531. The van der Waals surface area contributed by atoms with Crippen molar-refractivity contribution in [3.63, 3.8) is 0 Å². The quantitative estimate of drug-likeness (QED) is 0.824. The van der Waals surface area contributed by atoms with Gasteiger partial charge >= 0.3 is 5.97 Å². The molecule has 0 bridgehead atoms. The summed E-state index contributed by atoms with van der Waals surface area (Å²) < 4.78 is 0.833. The van der Waals surface area contributed by atoms with Crippen LogP contribution in [0.15, 0.2) is 28.7 Å². The molecular weight excluding hydrogens is 344 g/mol. The maximum Gasteiger partial charge on any atom is 0.317 e. The Bertz CT molecular complexity index is 556. The van der Waals surface area contributed by atoms with Gasteiger partial charge in [-0.1, -0.05) is 68.1 Å². The molecule has 22 heavy (non-hydrogen) atoms. The van der Waals surface area contributed by atoms with Crippen LogP contribution in [-0.2, 0) is 10.2 Å². The summed E-state index contributed by atoms with van der Waals surface area (Å²) in [7, 11) is 0. The lowest BCUT2D eigenvalue weighted by atomic mass is 9.51. The number of carboxylic acid groups (broad SMARTS) is 1. The molecular formula is C18H25BrO3. The Morgan fingerprint density at radius 3 is 2.23 bits per heavy atom. The fourth-order valence-corrected chi connectivity index (χ4v) is 4.68.